The molecule has 0 bridgehead atoms. The first-order valence-corrected chi connectivity index (χ1v) is 6.25. The second kappa shape index (κ2) is 5.46. The van der Waals surface area contributed by atoms with Crippen molar-refractivity contribution < 1.29 is 0 Å². The van der Waals surface area contributed by atoms with E-state index < -0.39 is 0 Å². The first-order chi connectivity index (χ1) is 7.75. The molecule has 0 radical (unpaired) electrons. The third kappa shape index (κ3) is 3.06. The Balaban J connectivity index is 1.86. The Kier molecular flexibility index (Phi) is 3.97. The highest BCUT2D eigenvalue weighted by Crippen LogP contribution is 2.22. The summed E-state index contributed by atoms with van der Waals surface area (Å²) in [5, 5.41) is 0. The molecule has 1 fully saturated rings. The van der Waals surface area contributed by atoms with E-state index in [1.807, 2.05) is 0 Å². The predicted molar refractivity (Wildman–Crippen MR) is 68.1 cm³/mol. The van der Waals surface area contributed by atoms with Crippen LogP contribution >= 0.6 is 0 Å². The van der Waals surface area contributed by atoms with Crippen LogP contribution in [-0.2, 0) is 6.54 Å². The van der Waals surface area contributed by atoms with Crippen LogP contribution in [-0.4, -0.2) is 24.0 Å². The fourth-order valence-electron chi connectivity index (χ4n) is 2.54. The highest BCUT2D eigenvalue weighted by molar-refractivity contribution is 5.14. The van der Waals surface area contributed by atoms with Gasteiger partial charge < -0.3 is 5.73 Å². The van der Waals surface area contributed by atoms with Crippen LogP contribution in [0.1, 0.15) is 31.2 Å². The van der Waals surface area contributed by atoms with Crippen LogP contribution in [0.2, 0.25) is 0 Å². The maximum absolute atomic E-state index is 5.93. The van der Waals surface area contributed by atoms with Gasteiger partial charge in [0.25, 0.3) is 0 Å². The first-order valence-electron chi connectivity index (χ1n) is 6.25. The van der Waals surface area contributed by atoms with Gasteiger partial charge in [-0.1, -0.05) is 30.3 Å². The van der Waals surface area contributed by atoms with E-state index in [4.69, 9.17) is 5.73 Å². The Morgan fingerprint density at radius 2 is 1.75 bits per heavy atom. The van der Waals surface area contributed by atoms with Crippen LogP contribution < -0.4 is 5.73 Å². The average molecular weight is 218 g/mol. The monoisotopic (exact) mass is 218 g/mol. The van der Waals surface area contributed by atoms with Gasteiger partial charge >= 0.3 is 0 Å². The molecular formula is C14H22N2. The molecule has 1 aliphatic rings. The normalized spacial score (nSPS) is 25.9. The van der Waals surface area contributed by atoms with E-state index in [-0.39, 0.29) is 0 Å². The molecule has 2 nitrogen and oxygen atoms in total. The lowest BCUT2D eigenvalue weighted by Crippen LogP contribution is -2.38. The zero-order valence-electron chi connectivity index (χ0n) is 10.1. The van der Waals surface area contributed by atoms with Crippen LogP contribution in [0, 0.1) is 0 Å². The van der Waals surface area contributed by atoms with Crippen molar-refractivity contribution in [2.75, 3.05) is 7.05 Å². The summed E-state index contributed by atoms with van der Waals surface area (Å²) in [7, 11) is 2.23. The van der Waals surface area contributed by atoms with Crippen molar-refractivity contribution in [2.24, 2.45) is 5.73 Å². The van der Waals surface area contributed by atoms with Gasteiger partial charge in [0.15, 0.2) is 0 Å². The molecule has 2 rings (SSSR count). The van der Waals surface area contributed by atoms with Crippen LogP contribution in [0.5, 0.6) is 0 Å². The molecule has 1 aliphatic carbocycles. The summed E-state index contributed by atoms with van der Waals surface area (Å²) in [6.45, 7) is 1.06. The van der Waals surface area contributed by atoms with Gasteiger partial charge in [-0.3, -0.25) is 4.90 Å². The van der Waals surface area contributed by atoms with E-state index in [0.29, 0.717) is 6.04 Å². The quantitative estimate of drug-likeness (QED) is 0.844. The van der Waals surface area contributed by atoms with Gasteiger partial charge in [0.2, 0.25) is 0 Å². The molecule has 0 atom stereocenters. The van der Waals surface area contributed by atoms with Gasteiger partial charge in [0, 0.05) is 18.6 Å². The van der Waals surface area contributed by atoms with Crippen molar-refractivity contribution in [2.45, 2.75) is 44.3 Å². The molecule has 0 aliphatic heterocycles. The molecule has 0 spiro atoms. The molecule has 16 heavy (non-hydrogen) atoms. The maximum atomic E-state index is 5.93. The zero-order chi connectivity index (χ0) is 11.4. The Bertz CT molecular complexity index is 302. The van der Waals surface area contributed by atoms with E-state index in [2.05, 4.69) is 42.3 Å². The number of nitrogens with zero attached hydrogens (tertiary/aromatic N) is 1. The summed E-state index contributed by atoms with van der Waals surface area (Å²) in [5.41, 5.74) is 7.33. The third-order valence-electron chi connectivity index (χ3n) is 3.64. The molecular weight excluding hydrogens is 196 g/mol. The summed E-state index contributed by atoms with van der Waals surface area (Å²) >= 11 is 0. The van der Waals surface area contributed by atoms with Gasteiger partial charge in [-0.15, -0.1) is 0 Å². The molecule has 88 valence electrons. The van der Waals surface area contributed by atoms with Gasteiger partial charge in [-0.05, 0) is 38.3 Å². The average Bonchev–Trinajstić information content (AvgIpc) is 2.31. The summed E-state index contributed by atoms with van der Waals surface area (Å²) in [5.74, 6) is 0. The Labute approximate surface area is 98.4 Å². The van der Waals surface area contributed by atoms with Gasteiger partial charge in [-0.25, -0.2) is 0 Å². The number of benzene rings is 1. The van der Waals surface area contributed by atoms with Crippen molar-refractivity contribution in [3.8, 4) is 0 Å². The van der Waals surface area contributed by atoms with Crippen molar-refractivity contribution >= 4 is 0 Å². The SMILES string of the molecule is CN(Cc1ccccc1)[C@H]1CC[C@H](N)CC1. The van der Waals surface area contributed by atoms with E-state index in [0.717, 1.165) is 12.6 Å². The van der Waals surface area contributed by atoms with Gasteiger partial charge in [0.1, 0.15) is 0 Å². The Morgan fingerprint density at radius 3 is 2.38 bits per heavy atom. The minimum atomic E-state index is 0.446. The van der Waals surface area contributed by atoms with Gasteiger partial charge in [-0.2, -0.15) is 0 Å². The van der Waals surface area contributed by atoms with Gasteiger partial charge in [0.05, 0.1) is 0 Å². The Hall–Kier alpha value is -0.860. The van der Waals surface area contributed by atoms with Crippen molar-refractivity contribution in [1.29, 1.82) is 0 Å². The second-order valence-corrected chi connectivity index (χ2v) is 4.97. The summed E-state index contributed by atoms with van der Waals surface area (Å²) in [6.07, 6.45) is 4.88. The lowest BCUT2D eigenvalue weighted by atomic mass is 9.91. The number of hydrogen-bond acceptors (Lipinski definition) is 2. The van der Waals surface area contributed by atoms with Crippen molar-refractivity contribution in [3.05, 3.63) is 35.9 Å². The molecule has 2 N–H and O–H groups in total. The molecule has 0 amide bonds. The van der Waals surface area contributed by atoms with E-state index in [1.165, 1.54) is 31.2 Å². The highest BCUT2D eigenvalue weighted by Gasteiger charge is 2.21. The highest BCUT2D eigenvalue weighted by atomic mass is 15.1. The minimum Gasteiger partial charge on any atom is -0.328 e. The van der Waals surface area contributed by atoms with E-state index in [9.17, 15) is 0 Å². The predicted octanol–water partition coefficient (Wildman–Crippen LogP) is 2.39. The zero-order valence-corrected chi connectivity index (χ0v) is 10.1. The lowest BCUT2D eigenvalue weighted by molar-refractivity contribution is 0.176. The summed E-state index contributed by atoms with van der Waals surface area (Å²) in [6, 6.07) is 11.9. The molecule has 1 aromatic rings. The van der Waals surface area contributed by atoms with Crippen molar-refractivity contribution in [3.63, 3.8) is 0 Å². The molecule has 2 heteroatoms. The maximum Gasteiger partial charge on any atom is 0.0233 e. The fourth-order valence-corrected chi connectivity index (χ4v) is 2.54. The topological polar surface area (TPSA) is 29.3 Å². The molecule has 0 heterocycles. The number of rotatable bonds is 3. The van der Waals surface area contributed by atoms with Crippen LogP contribution in [0.25, 0.3) is 0 Å². The van der Waals surface area contributed by atoms with E-state index in [1.54, 1.807) is 0 Å². The van der Waals surface area contributed by atoms with E-state index >= 15 is 0 Å². The molecule has 1 saturated carbocycles. The van der Waals surface area contributed by atoms with Crippen LogP contribution in [0.15, 0.2) is 30.3 Å². The van der Waals surface area contributed by atoms with Crippen LogP contribution in [0.4, 0.5) is 0 Å². The smallest absolute Gasteiger partial charge is 0.0233 e. The third-order valence-corrected chi connectivity index (χ3v) is 3.64. The Morgan fingerprint density at radius 1 is 1.12 bits per heavy atom. The molecule has 0 unspecified atom stereocenters. The largest absolute Gasteiger partial charge is 0.328 e. The van der Waals surface area contributed by atoms with Crippen LogP contribution in [0.3, 0.4) is 0 Å². The summed E-state index contributed by atoms with van der Waals surface area (Å²) < 4.78 is 0. The molecule has 1 aromatic carbocycles. The number of nitrogens with two attached hydrogens (primary N) is 1. The number of hydrogen-bond donors (Lipinski definition) is 1. The minimum absolute atomic E-state index is 0.446. The molecule has 0 saturated heterocycles. The standard InChI is InChI=1S/C14H22N2/c1-16(11-12-5-3-2-4-6-12)14-9-7-13(15)8-10-14/h2-6,13-14H,7-11,15H2,1H3/t13-,14-. The lowest BCUT2D eigenvalue weighted by Gasteiger charge is -2.33. The fraction of sp³-hybridized carbons (Fsp3) is 0.571. The second-order valence-electron chi connectivity index (χ2n) is 4.97. The first kappa shape index (κ1) is 11.6. The van der Waals surface area contributed by atoms with Crippen molar-refractivity contribution in [1.82, 2.24) is 4.90 Å². The summed E-state index contributed by atoms with van der Waals surface area (Å²) in [4.78, 5) is 2.47. The molecule has 0 aromatic heterocycles.